The van der Waals surface area contributed by atoms with Crippen molar-refractivity contribution in [3.8, 4) is 0 Å². The number of nitrogens with zero attached hydrogens (tertiary/aromatic N) is 1. The summed E-state index contributed by atoms with van der Waals surface area (Å²) in [6.45, 7) is 0. The average Bonchev–Trinajstić information content (AvgIpc) is 2.05. The summed E-state index contributed by atoms with van der Waals surface area (Å²) in [5.74, 6) is 0. The molecule has 0 atom stereocenters. The Morgan fingerprint density at radius 3 is 2.58 bits per heavy atom. The van der Waals surface area contributed by atoms with E-state index in [0.717, 1.165) is 10.7 Å². The third-order valence-corrected chi connectivity index (χ3v) is 2.81. The van der Waals surface area contributed by atoms with Crippen LogP contribution in [-0.4, -0.2) is 19.9 Å². The van der Waals surface area contributed by atoms with Crippen LogP contribution < -0.4 is 4.46 Å². The fourth-order valence-electron chi connectivity index (χ4n) is 0.658. The summed E-state index contributed by atoms with van der Waals surface area (Å²) >= 11 is 0.0777. The summed E-state index contributed by atoms with van der Waals surface area (Å²) in [5.41, 5.74) is 0. The van der Waals surface area contributed by atoms with Gasteiger partial charge in [0.05, 0.1) is 0 Å². The minimum atomic E-state index is -0.440. The Morgan fingerprint density at radius 1 is 1.33 bits per heavy atom. The van der Waals surface area contributed by atoms with Gasteiger partial charge < -0.3 is 0 Å². The van der Waals surface area contributed by atoms with Gasteiger partial charge in [0.15, 0.2) is 0 Å². The average molecular weight is 228 g/mol. The Kier molecular flexibility index (Phi) is 3.51. The molecule has 0 radical (unpaired) electrons. The number of rotatable bonds is 3. The van der Waals surface area contributed by atoms with Crippen LogP contribution in [0.2, 0.25) is 0 Å². The molecule has 3 nitrogen and oxygen atoms in total. The summed E-state index contributed by atoms with van der Waals surface area (Å²) in [6.07, 6.45) is 0.993. The van der Waals surface area contributed by atoms with Gasteiger partial charge in [0.2, 0.25) is 0 Å². The molecule has 0 aliphatic carbocycles. The second kappa shape index (κ2) is 4.70. The predicted molar refractivity (Wildman–Crippen MR) is 48.0 cm³/mol. The van der Waals surface area contributed by atoms with Gasteiger partial charge in [0.25, 0.3) is 0 Å². The fourth-order valence-corrected chi connectivity index (χ4v) is 1.98. The van der Waals surface area contributed by atoms with Crippen LogP contribution in [-0.2, 0) is 0 Å². The van der Waals surface area contributed by atoms with Crippen LogP contribution in [0, 0.1) is 10.1 Å². The minimum absolute atomic E-state index is 0.0777. The first-order valence-corrected chi connectivity index (χ1v) is 5.15. The van der Waals surface area contributed by atoms with E-state index in [-0.39, 0.29) is 15.0 Å². The molecule has 4 heteroatoms. The summed E-state index contributed by atoms with van der Waals surface area (Å²) in [4.78, 5) is 11.1. The normalized spacial score (nSPS) is 10.3. The van der Waals surface area contributed by atoms with Crippen LogP contribution in [0.1, 0.15) is 0 Å². The van der Waals surface area contributed by atoms with Crippen LogP contribution in [0.3, 0.4) is 0 Å². The van der Waals surface area contributed by atoms with Crippen LogP contribution >= 0.6 is 0 Å². The molecule has 1 aromatic carbocycles. The molecular weight excluding hydrogens is 221 g/mol. The van der Waals surface area contributed by atoms with Gasteiger partial charge in [-0.25, -0.2) is 0 Å². The first kappa shape index (κ1) is 8.97. The summed E-state index contributed by atoms with van der Waals surface area (Å²) in [7, 11) is 0. The van der Waals surface area contributed by atoms with E-state index in [0.29, 0.717) is 0 Å². The van der Waals surface area contributed by atoms with Crippen LogP contribution in [0.5, 0.6) is 0 Å². The number of nitro groups is 1. The Balaban J connectivity index is 2.49. The maximum absolute atomic E-state index is 9.92. The molecule has 0 heterocycles. The van der Waals surface area contributed by atoms with Crippen LogP contribution in [0.25, 0.3) is 0 Å². The van der Waals surface area contributed by atoms with Gasteiger partial charge in [-0.05, 0) is 0 Å². The van der Waals surface area contributed by atoms with Gasteiger partial charge in [-0.3, -0.25) is 0 Å². The Labute approximate surface area is 76.4 Å². The first-order chi connectivity index (χ1) is 5.79. The maximum atomic E-state index is 9.92. The van der Waals surface area contributed by atoms with Gasteiger partial charge in [0, 0.05) is 0 Å². The van der Waals surface area contributed by atoms with Crippen LogP contribution in [0.15, 0.2) is 41.5 Å². The second-order valence-electron chi connectivity index (χ2n) is 2.00. The summed E-state index contributed by atoms with van der Waals surface area (Å²) in [6, 6.07) is 9.71. The van der Waals surface area contributed by atoms with Gasteiger partial charge in [-0.2, -0.15) is 0 Å². The van der Waals surface area contributed by atoms with E-state index < -0.39 is 4.92 Å². The molecule has 0 spiro atoms. The van der Waals surface area contributed by atoms with Crippen molar-refractivity contribution in [2.45, 2.75) is 0 Å². The number of hydrogen-bond acceptors (Lipinski definition) is 2. The molecular formula is C8H7NO2Se. The van der Waals surface area contributed by atoms with Crippen molar-refractivity contribution in [2.24, 2.45) is 0 Å². The van der Waals surface area contributed by atoms with Crippen molar-refractivity contribution in [1.29, 1.82) is 0 Å². The zero-order valence-electron chi connectivity index (χ0n) is 6.21. The van der Waals surface area contributed by atoms with E-state index in [1.807, 2.05) is 30.3 Å². The monoisotopic (exact) mass is 229 g/mol. The van der Waals surface area contributed by atoms with Crippen LogP contribution in [0.4, 0.5) is 0 Å². The molecule has 12 heavy (non-hydrogen) atoms. The SMILES string of the molecule is O=[N+]([O-])/C=C\[Se]c1ccccc1. The van der Waals surface area contributed by atoms with E-state index in [1.54, 1.807) is 4.97 Å². The third kappa shape index (κ3) is 3.32. The topological polar surface area (TPSA) is 43.1 Å². The van der Waals surface area contributed by atoms with Gasteiger partial charge in [0.1, 0.15) is 0 Å². The molecule has 62 valence electrons. The van der Waals surface area contributed by atoms with Crippen molar-refractivity contribution < 1.29 is 4.92 Å². The molecule has 0 saturated carbocycles. The van der Waals surface area contributed by atoms with E-state index in [1.165, 1.54) is 0 Å². The zero-order chi connectivity index (χ0) is 8.81. The molecule has 0 aliphatic rings. The molecule has 1 aromatic rings. The molecule has 0 saturated heterocycles. The molecule has 0 unspecified atom stereocenters. The van der Waals surface area contributed by atoms with E-state index in [4.69, 9.17) is 0 Å². The Hall–Kier alpha value is -1.12. The molecule has 0 N–H and O–H groups in total. The zero-order valence-corrected chi connectivity index (χ0v) is 7.93. The summed E-state index contributed by atoms with van der Waals surface area (Å²) in [5, 5.41) is 9.92. The number of benzene rings is 1. The molecule has 0 bridgehead atoms. The Morgan fingerprint density at radius 2 is 2.00 bits per heavy atom. The fraction of sp³-hybridized carbons (Fsp3) is 0. The first-order valence-electron chi connectivity index (χ1n) is 3.31. The van der Waals surface area contributed by atoms with Crippen molar-refractivity contribution in [2.75, 3.05) is 0 Å². The van der Waals surface area contributed by atoms with Crippen molar-refractivity contribution in [3.63, 3.8) is 0 Å². The van der Waals surface area contributed by atoms with Gasteiger partial charge >= 0.3 is 76.0 Å². The van der Waals surface area contributed by atoms with Crippen molar-refractivity contribution in [1.82, 2.24) is 0 Å². The number of hydrogen-bond donors (Lipinski definition) is 0. The van der Waals surface area contributed by atoms with Crippen molar-refractivity contribution in [3.05, 3.63) is 51.6 Å². The summed E-state index contributed by atoms with van der Waals surface area (Å²) < 4.78 is 1.14. The predicted octanol–water partition coefficient (Wildman–Crippen LogP) is 0.764. The standard InChI is InChI=1S/C8H7NO2Se/c10-9(11)6-7-12-8-4-2-1-3-5-8/h1-7H/b7-6-. The molecule has 0 aliphatic heterocycles. The molecule has 0 aromatic heterocycles. The van der Waals surface area contributed by atoms with E-state index in [2.05, 4.69) is 0 Å². The van der Waals surface area contributed by atoms with Gasteiger partial charge in [-0.1, -0.05) is 0 Å². The van der Waals surface area contributed by atoms with E-state index >= 15 is 0 Å². The second-order valence-corrected chi connectivity index (χ2v) is 4.06. The molecule has 0 fully saturated rings. The van der Waals surface area contributed by atoms with Gasteiger partial charge in [-0.15, -0.1) is 0 Å². The quantitative estimate of drug-likeness (QED) is 0.435. The molecule has 1 rings (SSSR count). The molecule has 0 amide bonds. The Bertz CT molecular complexity index is 284. The third-order valence-electron chi connectivity index (χ3n) is 1.13. The van der Waals surface area contributed by atoms with Crippen molar-refractivity contribution >= 4 is 19.4 Å². The van der Waals surface area contributed by atoms with E-state index in [9.17, 15) is 10.1 Å².